The van der Waals surface area contributed by atoms with Crippen LogP contribution in [0.5, 0.6) is 0 Å². The van der Waals surface area contributed by atoms with Crippen molar-refractivity contribution < 1.29 is 0 Å². The zero-order chi connectivity index (χ0) is 8.55. The smallest absolute Gasteiger partial charge is 0.309 e. The van der Waals surface area contributed by atoms with E-state index in [2.05, 4.69) is 15.3 Å². The lowest BCUT2D eigenvalue weighted by molar-refractivity contribution is 0.630. The lowest BCUT2D eigenvalue weighted by Crippen LogP contribution is -2.14. The molecule has 1 aliphatic rings. The van der Waals surface area contributed by atoms with Crippen molar-refractivity contribution >= 4 is 11.6 Å². The van der Waals surface area contributed by atoms with Gasteiger partial charge in [0.25, 0.3) is 0 Å². The molecule has 5 heteroatoms. The quantitative estimate of drug-likeness (QED) is 0.609. The van der Waals surface area contributed by atoms with Crippen molar-refractivity contribution in [2.24, 2.45) is 0 Å². The topological polar surface area (TPSA) is 60.7 Å². The Morgan fingerprint density at radius 3 is 2.75 bits per heavy atom. The molecule has 4 nitrogen and oxygen atoms in total. The van der Waals surface area contributed by atoms with Gasteiger partial charge in [0, 0.05) is 0 Å². The van der Waals surface area contributed by atoms with Crippen molar-refractivity contribution in [2.45, 2.75) is 18.9 Å². The predicted molar refractivity (Wildman–Crippen MR) is 46.4 cm³/mol. The average molecular weight is 188 g/mol. The molecule has 3 N–H and O–H groups in total. The Kier molecular flexibility index (Phi) is 1.94. The van der Waals surface area contributed by atoms with E-state index in [1.54, 1.807) is 0 Å². The summed E-state index contributed by atoms with van der Waals surface area (Å²) in [5, 5.41) is 3.68. The molecule has 0 amide bonds. The molecule has 0 spiro atoms. The molecule has 1 unspecified atom stereocenters. The van der Waals surface area contributed by atoms with Crippen molar-refractivity contribution in [3.8, 4) is 0 Å². The molecule has 0 aliphatic carbocycles. The zero-order valence-corrected chi connectivity index (χ0v) is 7.24. The van der Waals surface area contributed by atoms with Gasteiger partial charge in [0.1, 0.15) is 5.15 Å². The molecule has 2 rings (SSSR count). The Morgan fingerprint density at radius 1 is 1.42 bits per heavy atom. The molecule has 0 saturated carbocycles. The predicted octanol–water partition coefficient (Wildman–Crippen LogP) is 0.781. The maximum absolute atomic E-state index is 10.8. The largest absolute Gasteiger partial charge is 0.324 e. The van der Waals surface area contributed by atoms with Gasteiger partial charge in [-0.2, -0.15) is 0 Å². The Hall–Kier alpha value is -0.740. The molecule has 12 heavy (non-hydrogen) atoms. The molecule has 1 atom stereocenters. The third-order valence-electron chi connectivity index (χ3n) is 2.12. The summed E-state index contributed by atoms with van der Waals surface area (Å²) in [4.78, 5) is 16.0. The number of hydrogen-bond donors (Lipinski definition) is 3. The Morgan fingerprint density at radius 2 is 2.25 bits per heavy atom. The number of rotatable bonds is 1. The molecule has 1 aliphatic heterocycles. The first-order valence-corrected chi connectivity index (χ1v) is 4.36. The van der Waals surface area contributed by atoms with Crippen LogP contribution in [0.25, 0.3) is 0 Å². The first kappa shape index (κ1) is 7.89. The number of aromatic amines is 2. The lowest BCUT2D eigenvalue weighted by Gasteiger charge is -2.06. The summed E-state index contributed by atoms with van der Waals surface area (Å²) in [6.45, 7) is 0.994. The Balaban J connectivity index is 2.31. The van der Waals surface area contributed by atoms with Crippen molar-refractivity contribution in [2.75, 3.05) is 6.54 Å². The van der Waals surface area contributed by atoms with E-state index in [4.69, 9.17) is 11.6 Å². The second kappa shape index (κ2) is 2.95. The highest BCUT2D eigenvalue weighted by molar-refractivity contribution is 6.30. The van der Waals surface area contributed by atoms with Gasteiger partial charge in [0.05, 0.1) is 11.7 Å². The van der Waals surface area contributed by atoms with Crippen LogP contribution in [0.1, 0.15) is 24.6 Å². The standard InChI is InChI=1S/C7H10ClN3O/c8-6-5(10-7(12)11-6)4-2-1-3-9-4/h4,9H,1-3H2,(H2,10,11,12). The Bertz CT molecular complexity index is 324. The van der Waals surface area contributed by atoms with Crippen molar-refractivity contribution in [1.82, 2.24) is 15.3 Å². The van der Waals surface area contributed by atoms with Crippen molar-refractivity contribution in [1.29, 1.82) is 0 Å². The third kappa shape index (κ3) is 1.28. The minimum absolute atomic E-state index is 0.219. The second-order valence-corrected chi connectivity index (χ2v) is 3.33. The fourth-order valence-electron chi connectivity index (χ4n) is 1.55. The summed E-state index contributed by atoms with van der Waals surface area (Å²) in [5.74, 6) is 0. The van der Waals surface area contributed by atoms with Crippen LogP contribution in [-0.4, -0.2) is 16.5 Å². The normalized spacial score (nSPS) is 23.2. The molecule has 0 radical (unpaired) electrons. The van der Waals surface area contributed by atoms with Crippen molar-refractivity contribution in [3.63, 3.8) is 0 Å². The fourth-order valence-corrected chi connectivity index (χ4v) is 1.81. The van der Waals surface area contributed by atoms with Crippen molar-refractivity contribution in [3.05, 3.63) is 21.3 Å². The van der Waals surface area contributed by atoms with Gasteiger partial charge in [0.2, 0.25) is 0 Å². The van der Waals surface area contributed by atoms with E-state index < -0.39 is 0 Å². The van der Waals surface area contributed by atoms with Gasteiger partial charge >= 0.3 is 5.69 Å². The second-order valence-electron chi connectivity index (χ2n) is 2.96. The molecule has 66 valence electrons. The van der Waals surface area contributed by atoms with E-state index in [0.29, 0.717) is 5.15 Å². The van der Waals surface area contributed by atoms with Gasteiger partial charge in [-0.25, -0.2) is 4.79 Å². The number of halogens is 1. The third-order valence-corrected chi connectivity index (χ3v) is 2.41. The van der Waals surface area contributed by atoms with E-state index in [0.717, 1.165) is 25.1 Å². The molecule has 0 aromatic carbocycles. The van der Waals surface area contributed by atoms with Crippen LogP contribution in [-0.2, 0) is 0 Å². The van der Waals surface area contributed by atoms with Crippen LogP contribution in [0.4, 0.5) is 0 Å². The summed E-state index contributed by atoms with van der Waals surface area (Å²) in [6.07, 6.45) is 2.17. The molecule has 0 bridgehead atoms. The highest BCUT2D eigenvalue weighted by atomic mass is 35.5. The minimum Gasteiger partial charge on any atom is -0.309 e. The lowest BCUT2D eigenvalue weighted by atomic mass is 10.2. The van der Waals surface area contributed by atoms with Gasteiger partial charge < -0.3 is 10.3 Å². The van der Waals surface area contributed by atoms with Gasteiger partial charge in [-0.3, -0.25) is 4.98 Å². The molecular weight excluding hydrogens is 178 g/mol. The minimum atomic E-state index is -0.233. The zero-order valence-electron chi connectivity index (χ0n) is 6.48. The number of nitrogens with one attached hydrogen (secondary N) is 3. The number of H-pyrrole nitrogens is 2. The molecule has 1 aromatic rings. The van der Waals surface area contributed by atoms with E-state index in [9.17, 15) is 4.79 Å². The highest BCUT2D eigenvalue weighted by Gasteiger charge is 2.20. The van der Waals surface area contributed by atoms with Gasteiger partial charge in [0.15, 0.2) is 0 Å². The number of hydrogen-bond acceptors (Lipinski definition) is 2. The van der Waals surface area contributed by atoms with Crippen LogP contribution in [0, 0.1) is 0 Å². The molecule has 1 fully saturated rings. The summed E-state index contributed by atoms with van der Waals surface area (Å²) >= 11 is 5.80. The molecule has 1 saturated heterocycles. The molecular formula is C7H10ClN3O. The maximum atomic E-state index is 10.8. The highest BCUT2D eigenvalue weighted by Crippen LogP contribution is 2.24. The molecule has 1 aromatic heterocycles. The molecule has 2 heterocycles. The van der Waals surface area contributed by atoms with E-state index in [1.807, 2.05) is 0 Å². The summed E-state index contributed by atoms with van der Waals surface area (Å²) < 4.78 is 0. The summed E-state index contributed by atoms with van der Waals surface area (Å²) in [6, 6.07) is 0.219. The van der Waals surface area contributed by atoms with E-state index >= 15 is 0 Å². The Labute approximate surface area is 74.3 Å². The monoisotopic (exact) mass is 187 g/mol. The SMILES string of the molecule is O=c1[nH]c(Cl)c(C2CCCN2)[nH]1. The fraction of sp³-hybridized carbons (Fsp3) is 0.571. The number of imidazole rings is 1. The maximum Gasteiger partial charge on any atom is 0.324 e. The van der Waals surface area contributed by atoms with Crippen LogP contribution in [0.15, 0.2) is 4.79 Å². The van der Waals surface area contributed by atoms with Gasteiger partial charge in [-0.1, -0.05) is 11.6 Å². The van der Waals surface area contributed by atoms with E-state index in [1.165, 1.54) is 0 Å². The van der Waals surface area contributed by atoms with Crippen LogP contribution < -0.4 is 11.0 Å². The van der Waals surface area contributed by atoms with Gasteiger partial charge in [-0.15, -0.1) is 0 Å². The summed E-state index contributed by atoms with van der Waals surface area (Å²) in [5.41, 5.74) is 0.558. The first-order chi connectivity index (χ1) is 5.77. The van der Waals surface area contributed by atoms with Gasteiger partial charge in [-0.05, 0) is 19.4 Å². The van der Waals surface area contributed by atoms with Crippen LogP contribution in [0.3, 0.4) is 0 Å². The first-order valence-electron chi connectivity index (χ1n) is 3.98. The number of aromatic nitrogens is 2. The summed E-state index contributed by atoms with van der Waals surface area (Å²) in [7, 11) is 0. The van der Waals surface area contributed by atoms with E-state index in [-0.39, 0.29) is 11.7 Å². The van der Waals surface area contributed by atoms with Crippen LogP contribution >= 0.6 is 11.6 Å². The average Bonchev–Trinajstić information content (AvgIpc) is 2.58. The van der Waals surface area contributed by atoms with Crippen LogP contribution in [0.2, 0.25) is 5.15 Å².